The molecule has 0 saturated heterocycles. The van der Waals surface area contributed by atoms with Crippen LogP contribution in [0.2, 0.25) is 4.34 Å². The Hall–Kier alpha value is -1.33. The topological polar surface area (TPSA) is 41.1 Å². The number of hydrogen-bond acceptors (Lipinski definition) is 5. The first-order valence-electron chi connectivity index (χ1n) is 7.18. The Balaban J connectivity index is 2.21. The van der Waals surface area contributed by atoms with E-state index in [9.17, 15) is 0 Å². The van der Waals surface area contributed by atoms with E-state index < -0.39 is 0 Å². The summed E-state index contributed by atoms with van der Waals surface area (Å²) in [6.07, 6.45) is 3.61. The van der Waals surface area contributed by atoms with Gasteiger partial charge in [0.1, 0.15) is 18.0 Å². The highest BCUT2D eigenvalue weighted by atomic mass is 35.5. The Morgan fingerprint density at radius 1 is 1.29 bits per heavy atom. The van der Waals surface area contributed by atoms with E-state index in [2.05, 4.69) is 47.1 Å². The van der Waals surface area contributed by atoms with Crippen LogP contribution in [-0.2, 0) is 13.0 Å². The number of thiophene rings is 1. The SMILES string of the molecule is CCCNc1ncnc(N(C)Cc2ccc(Cl)s2)c1CC. The molecule has 4 nitrogen and oxygen atoms in total. The van der Waals surface area contributed by atoms with E-state index in [-0.39, 0.29) is 0 Å². The van der Waals surface area contributed by atoms with E-state index in [1.807, 2.05) is 6.07 Å². The second-order valence-electron chi connectivity index (χ2n) is 4.87. The molecule has 2 rings (SSSR count). The summed E-state index contributed by atoms with van der Waals surface area (Å²) in [6.45, 7) is 6.00. The molecule has 2 aromatic heterocycles. The predicted molar refractivity (Wildman–Crippen MR) is 91.6 cm³/mol. The third kappa shape index (κ3) is 4.08. The van der Waals surface area contributed by atoms with Crippen LogP contribution in [0.5, 0.6) is 0 Å². The fourth-order valence-electron chi connectivity index (χ4n) is 2.20. The predicted octanol–water partition coefficient (Wildman–Crippen LogP) is 4.21. The van der Waals surface area contributed by atoms with Crippen molar-refractivity contribution in [3.63, 3.8) is 0 Å². The molecule has 0 bridgehead atoms. The van der Waals surface area contributed by atoms with Gasteiger partial charge < -0.3 is 10.2 Å². The van der Waals surface area contributed by atoms with E-state index in [0.29, 0.717) is 0 Å². The van der Waals surface area contributed by atoms with Crippen molar-refractivity contribution in [3.8, 4) is 0 Å². The van der Waals surface area contributed by atoms with Gasteiger partial charge in [0.2, 0.25) is 0 Å². The fraction of sp³-hybridized carbons (Fsp3) is 0.467. The molecule has 0 saturated carbocycles. The summed E-state index contributed by atoms with van der Waals surface area (Å²) in [7, 11) is 2.05. The third-order valence-electron chi connectivity index (χ3n) is 3.20. The highest BCUT2D eigenvalue weighted by Crippen LogP contribution is 2.27. The molecule has 1 N–H and O–H groups in total. The van der Waals surface area contributed by atoms with E-state index in [1.54, 1.807) is 17.7 Å². The summed E-state index contributed by atoms with van der Waals surface area (Å²) in [5.74, 6) is 1.93. The zero-order valence-corrected chi connectivity index (χ0v) is 14.3. The average molecular weight is 325 g/mol. The van der Waals surface area contributed by atoms with Gasteiger partial charge in [0.15, 0.2) is 0 Å². The van der Waals surface area contributed by atoms with Gasteiger partial charge >= 0.3 is 0 Å². The molecule has 0 atom stereocenters. The molecule has 0 aromatic carbocycles. The number of hydrogen-bond donors (Lipinski definition) is 1. The number of anilines is 2. The second-order valence-corrected chi connectivity index (χ2v) is 6.67. The Labute approximate surface area is 135 Å². The number of nitrogens with one attached hydrogen (secondary N) is 1. The number of aromatic nitrogens is 2. The van der Waals surface area contributed by atoms with E-state index >= 15 is 0 Å². The van der Waals surface area contributed by atoms with Gasteiger partial charge in [0.05, 0.1) is 10.9 Å². The lowest BCUT2D eigenvalue weighted by atomic mass is 10.2. The molecular formula is C15H21ClN4S. The van der Waals surface area contributed by atoms with Crippen LogP contribution in [0.1, 0.15) is 30.7 Å². The number of nitrogens with zero attached hydrogens (tertiary/aromatic N) is 3. The quantitative estimate of drug-likeness (QED) is 0.828. The lowest BCUT2D eigenvalue weighted by molar-refractivity contribution is 0.875. The maximum Gasteiger partial charge on any atom is 0.137 e. The summed E-state index contributed by atoms with van der Waals surface area (Å²) >= 11 is 7.60. The standard InChI is InChI=1S/C15H21ClN4S/c1-4-8-17-14-12(5-2)15(19-10-18-14)20(3)9-11-6-7-13(16)21-11/h6-7,10H,4-5,8-9H2,1-3H3,(H,17,18,19). The minimum absolute atomic E-state index is 0.800. The number of rotatable bonds is 7. The molecule has 0 amide bonds. The summed E-state index contributed by atoms with van der Waals surface area (Å²) in [4.78, 5) is 12.2. The highest BCUT2D eigenvalue weighted by molar-refractivity contribution is 7.16. The van der Waals surface area contributed by atoms with Gasteiger partial charge in [-0.1, -0.05) is 25.4 Å². The largest absolute Gasteiger partial charge is 0.370 e. The molecule has 6 heteroatoms. The normalized spacial score (nSPS) is 10.7. The van der Waals surface area contributed by atoms with Crippen molar-refractivity contribution in [2.24, 2.45) is 0 Å². The first-order valence-corrected chi connectivity index (χ1v) is 8.38. The first-order chi connectivity index (χ1) is 10.2. The molecule has 0 aliphatic rings. The van der Waals surface area contributed by atoms with Crippen LogP contribution in [-0.4, -0.2) is 23.6 Å². The molecular weight excluding hydrogens is 304 g/mol. The zero-order chi connectivity index (χ0) is 15.2. The second kappa shape index (κ2) is 7.61. The van der Waals surface area contributed by atoms with Crippen LogP contribution in [0.3, 0.4) is 0 Å². The molecule has 0 aliphatic carbocycles. The lowest BCUT2D eigenvalue weighted by Gasteiger charge is -2.21. The van der Waals surface area contributed by atoms with Crippen LogP contribution in [0.4, 0.5) is 11.6 Å². The van der Waals surface area contributed by atoms with Crippen LogP contribution in [0, 0.1) is 0 Å². The highest BCUT2D eigenvalue weighted by Gasteiger charge is 2.14. The van der Waals surface area contributed by atoms with Gasteiger partial charge in [-0.3, -0.25) is 0 Å². The smallest absolute Gasteiger partial charge is 0.137 e. The van der Waals surface area contributed by atoms with Gasteiger partial charge in [-0.15, -0.1) is 11.3 Å². The number of halogens is 1. The van der Waals surface area contributed by atoms with Crippen molar-refractivity contribution >= 4 is 34.6 Å². The van der Waals surface area contributed by atoms with Crippen molar-refractivity contribution < 1.29 is 0 Å². The maximum atomic E-state index is 6.00. The Morgan fingerprint density at radius 2 is 2.10 bits per heavy atom. The molecule has 0 fully saturated rings. The van der Waals surface area contributed by atoms with E-state index in [0.717, 1.165) is 47.5 Å². The molecule has 21 heavy (non-hydrogen) atoms. The van der Waals surface area contributed by atoms with Gasteiger partial charge in [0, 0.05) is 24.0 Å². The van der Waals surface area contributed by atoms with Crippen molar-refractivity contribution in [1.29, 1.82) is 0 Å². The first kappa shape index (κ1) is 16.0. The monoisotopic (exact) mass is 324 g/mol. The Kier molecular flexibility index (Phi) is 5.82. The van der Waals surface area contributed by atoms with Crippen molar-refractivity contribution in [1.82, 2.24) is 9.97 Å². The van der Waals surface area contributed by atoms with Crippen LogP contribution < -0.4 is 10.2 Å². The van der Waals surface area contributed by atoms with Gasteiger partial charge in [-0.05, 0) is 25.0 Å². The molecule has 2 heterocycles. The summed E-state index contributed by atoms with van der Waals surface area (Å²) < 4.78 is 0.821. The van der Waals surface area contributed by atoms with Crippen molar-refractivity contribution in [2.75, 3.05) is 23.8 Å². The molecule has 114 valence electrons. The van der Waals surface area contributed by atoms with Gasteiger partial charge in [0.25, 0.3) is 0 Å². The third-order valence-corrected chi connectivity index (χ3v) is 4.42. The van der Waals surface area contributed by atoms with Crippen LogP contribution >= 0.6 is 22.9 Å². The van der Waals surface area contributed by atoms with Crippen LogP contribution in [0.15, 0.2) is 18.5 Å². The summed E-state index contributed by atoms with van der Waals surface area (Å²) in [6, 6.07) is 4.00. The van der Waals surface area contributed by atoms with Crippen molar-refractivity contribution in [2.45, 2.75) is 33.2 Å². The fourth-order valence-corrected chi connectivity index (χ4v) is 3.34. The minimum Gasteiger partial charge on any atom is -0.370 e. The molecule has 0 aliphatic heterocycles. The average Bonchev–Trinajstić information content (AvgIpc) is 2.89. The summed E-state index contributed by atoms with van der Waals surface area (Å²) in [5.41, 5.74) is 1.16. The Bertz CT molecular complexity index is 585. The maximum absolute atomic E-state index is 6.00. The van der Waals surface area contributed by atoms with Crippen molar-refractivity contribution in [3.05, 3.63) is 33.2 Å². The van der Waals surface area contributed by atoms with Gasteiger partial charge in [-0.25, -0.2) is 9.97 Å². The van der Waals surface area contributed by atoms with E-state index in [1.165, 1.54) is 4.88 Å². The summed E-state index contributed by atoms with van der Waals surface area (Å²) in [5, 5.41) is 3.38. The van der Waals surface area contributed by atoms with Crippen LogP contribution in [0.25, 0.3) is 0 Å². The molecule has 0 unspecified atom stereocenters. The lowest BCUT2D eigenvalue weighted by Crippen LogP contribution is -2.20. The Morgan fingerprint density at radius 3 is 2.71 bits per heavy atom. The minimum atomic E-state index is 0.800. The zero-order valence-electron chi connectivity index (χ0n) is 12.7. The van der Waals surface area contributed by atoms with Gasteiger partial charge in [-0.2, -0.15) is 0 Å². The molecule has 0 spiro atoms. The van der Waals surface area contributed by atoms with E-state index in [4.69, 9.17) is 11.6 Å². The molecule has 2 aromatic rings. The molecule has 0 radical (unpaired) electrons.